The summed E-state index contributed by atoms with van der Waals surface area (Å²) >= 11 is 0. The number of methoxy groups -OCH3 is 2. The molecule has 0 spiro atoms. The molecule has 0 saturated carbocycles. The molecule has 0 unspecified atom stereocenters. The van der Waals surface area contributed by atoms with Crippen LogP contribution in [0.25, 0.3) is 0 Å². The lowest BCUT2D eigenvalue weighted by atomic mass is 10.2. The number of hydrogen-bond acceptors (Lipinski definition) is 8. The van der Waals surface area contributed by atoms with Gasteiger partial charge in [-0.3, -0.25) is 19.7 Å². The fraction of sp³-hybridized carbons (Fsp3) is 0.250. The first-order valence-corrected chi connectivity index (χ1v) is 10.5. The lowest BCUT2D eigenvalue weighted by Gasteiger charge is -2.14. The highest BCUT2D eigenvalue weighted by atomic mass is 32.2. The van der Waals surface area contributed by atoms with Crippen LogP contribution in [-0.2, 0) is 24.3 Å². The molecule has 0 aromatic heterocycles. The maximum atomic E-state index is 12.3. The van der Waals surface area contributed by atoms with Crippen LogP contribution in [0.2, 0.25) is 0 Å². The Morgan fingerprint density at radius 3 is 1.94 bits per heavy atom. The highest BCUT2D eigenvalue weighted by Crippen LogP contribution is 2.15. The zero-order valence-electron chi connectivity index (χ0n) is 17.1. The minimum atomic E-state index is -4.00. The molecule has 31 heavy (non-hydrogen) atoms. The minimum absolute atomic E-state index is 0.0734. The molecule has 11 heteroatoms. The fourth-order valence-electron chi connectivity index (χ4n) is 2.34. The number of nitrogens with one attached hydrogen (secondary N) is 2. The van der Waals surface area contributed by atoms with E-state index in [4.69, 9.17) is 14.2 Å². The number of rotatable bonds is 9. The van der Waals surface area contributed by atoms with Crippen LogP contribution in [0.5, 0.6) is 11.5 Å². The van der Waals surface area contributed by atoms with Gasteiger partial charge in [0.1, 0.15) is 17.5 Å². The number of benzene rings is 2. The molecular formula is C20H22N2O8S. The summed E-state index contributed by atoms with van der Waals surface area (Å²) in [6, 6.07) is 10.3. The molecule has 0 aliphatic carbocycles. The maximum absolute atomic E-state index is 12.3. The quantitative estimate of drug-likeness (QED) is 0.537. The van der Waals surface area contributed by atoms with Crippen molar-refractivity contribution >= 4 is 27.8 Å². The molecule has 0 radical (unpaired) electrons. The van der Waals surface area contributed by atoms with Crippen molar-refractivity contribution in [3.8, 4) is 11.5 Å². The molecule has 2 amide bonds. The number of sulfonamides is 1. The van der Waals surface area contributed by atoms with Crippen molar-refractivity contribution < 1.29 is 37.0 Å². The standard InChI is InChI=1S/C20H22N2O8S/c1-13(22-31(26,27)17-10-8-16(29-3)9-11-17)20(25)30-12-18(23)21-19(24)14-4-6-15(28-2)7-5-14/h4-11,13,22H,12H2,1-3H3,(H,21,23,24)/t13-/m0/s1. The number of carbonyl (C=O) groups excluding carboxylic acids is 3. The SMILES string of the molecule is COc1ccc(C(=O)NC(=O)COC(=O)[C@H](C)NS(=O)(=O)c2ccc(OC)cc2)cc1. The first-order chi connectivity index (χ1) is 14.7. The van der Waals surface area contributed by atoms with Gasteiger partial charge in [-0.15, -0.1) is 0 Å². The first-order valence-electron chi connectivity index (χ1n) is 8.97. The molecule has 0 heterocycles. The zero-order valence-corrected chi connectivity index (χ0v) is 17.9. The van der Waals surface area contributed by atoms with E-state index in [2.05, 4.69) is 10.0 Å². The molecular weight excluding hydrogens is 428 g/mol. The Balaban J connectivity index is 1.85. The van der Waals surface area contributed by atoms with Crippen molar-refractivity contribution in [2.75, 3.05) is 20.8 Å². The summed E-state index contributed by atoms with van der Waals surface area (Å²) in [5.41, 5.74) is 0.209. The Labute approximate surface area is 179 Å². The van der Waals surface area contributed by atoms with Gasteiger partial charge in [0.2, 0.25) is 10.0 Å². The predicted octanol–water partition coefficient (Wildman–Crippen LogP) is 0.870. The van der Waals surface area contributed by atoms with E-state index >= 15 is 0 Å². The summed E-state index contributed by atoms with van der Waals surface area (Å²) in [6.07, 6.45) is 0. The zero-order chi connectivity index (χ0) is 23.0. The van der Waals surface area contributed by atoms with Crippen LogP contribution >= 0.6 is 0 Å². The van der Waals surface area contributed by atoms with Gasteiger partial charge < -0.3 is 14.2 Å². The highest BCUT2D eigenvalue weighted by Gasteiger charge is 2.24. The summed E-state index contributed by atoms with van der Waals surface area (Å²) in [7, 11) is -1.08. The third kappa shape index (κ3) is 6.79. The molecule has 0 bridgehead atoms. The number of hydrogen-bond donors (Lipinski definition) is 2. The largest absolute Gasteiger partial charge is 0.497 e. The third-order valence-electron chi connectivity index (χ3n) is 4.01. The van der Waals surface area contributed by atoms with E-state index in [0.29, 0.717) is 11.5 Å². The van der Waals surface area contributed by atoms with Crippen LogP contribution in [0, 0.1) is 0 Å². The van der Waals surface area contributed by atoms with Crippen LogP contribution < -0.4 is 19.5 Å². The van der Waals surface area contributed by atoms with E-state index < -0.39 is 40.5 Å². The molecule has 1 atom stereocenters. The monoisotopic (exact) mass is 450 g/mol. The van der Waals surface area contributed by atoms with E-state index in [1.807, 2.05) is 0 Å². The van der Waals surface area contributed by atoms with Crippen molar-refractivity contribution in [3.63, 3.8) is 0 Å². The van der Waals surface area contributed by atoms with Gasteiger partial charge in [0, 0.05) is 5.56 Å². The van der Waals surface area contributed by atoms with Gasteiger partial charge in [-0.05, 0) is 55.5 Å². The van der Waals surface area contributed by atoms with E-state index in [0.717, 1.165) is 0 Å². The lowest BCUT2D eigenvalue weighted by Crippen LogP contribution is -2.41. The van der Waals surface area contributed by atoms with Gasteiger partial charge in [-0.25, -0.2) is 8.42 Å². The summed E-state index contributed by atoms with van der Waals surface area (Å²) in [4.78, 5) is 35.8. The second-order valence-corrected chi connectivity index (χ2v) is 7.95. The molecule has 0 aliphatic heterocycles. The molecule has 10 nitrogen and oxygen atoms in total. The summed E-state index contributed by atoms with van der Waals surface area (Å²) < 4.78 is 41.6. The van der Waals surface area contributed by atoms with Crippen molar-refractivity contribution in [2.45, 2.75) is 17.9 Å². The van der Waals surface area contributed by atoms with Crippen LogP contribution in [0.15, 0.2) is 53.4 Å². The smallest absolute Gasteiger partial charge is 0.324 e. The van der Waals surface area contributed by atoms with Crippen LogP contribution in [0.3, 0.4) is 0 Å². The molecule has 2 N–H and O–H groups in total. The average molecular weight is 450 g/mol. The summed E-state index contributed by atoms with van der Waals surface area (Å²) in [5.74, 6) is -1.51. The Morgan fingerprint density at radius 1 is 0.903 bits per heavy atom. The van der Waals surface area contributed by atoms with E-state index in [1.54, 1.807) is 12.1 Å². The number of carbonyl (C=O) groups is 3. The predicted molar refractivity (Wildman–Crippen MR) is 109 cm³/mol. The molecule has 0 saturated heterocycles. The molecule has 2 aromatic rings. The van der Waals surface area contributed by atoms with Crippen LogP contribution in [-0.4, -0.2) is 53.1 Å². The summed E-state index contributed by atoms with van der Waals surface area (Å²) in [5, 5.41) is 2.07. The van der Waals surface area contributed by atoms with E-state index in [-0.39, 0.29) is 10.5 Å². The number of esters is 1. The fourth-order valence-corrected chi connectivity index (χ4v) is 3.53. The normalized spacial score (nSPS) is 11.8. The molecule has 2 rings (SSSR count). The highest BCUT2D eigenvalue weighted by molar-refractivity contribution is 7.89. The molecule has 2 aromatic carbocycles. The van der Waals surface area contributed by atoms with E-state index in [9.17, 15) is 22.8 Å². The molecule has 0 aliphatic rings. The Hall–Kier alpha value is -3.44. The minimum Gasteiger partial charge on any atom is -0.497 e. The Bertz CT molecular complexity index is 1030. The molecule has 166 valence electrons. The Kier molecular flexibility index (Phi) is 8.11. The van der Waals surface area contributed by atoms with Crippen molar-refractivity contribution in [2.24, 2.45) is 0 Å². The summed E-state index contributed by atoms with van der Waals surface area (Å²) in [6.45, 7) is 0.513. The van der Waals surface area contributed by atoms with Crippen LogP contribution in [0.1, 0.15) is 17.3 Å². The van der Waals surface area contributed by atoms with Crippen molar-refractivity contribution in [3.05, 3.63) is 54.1 Å². The van der Waals surface area contributed by atoms with Gasteiger partial charge in [0.25, 0.3) is 11.8 Å². The average Bonchev–Trinajstić information content (AvgIpc) is 2.77. The Morgan fingerprint density at radius 2 is 1.42 bits per heavy atom. The number of imide groups is 1. The van der Waals surface area contributed by atoms with Crippen molar-refractivity contribution in [1.82, 2.24) is 10.0 Å². The van der Waals surface area contributed by atoms with Gasteiger partial charge in [0.05, 0.1) is 19.1 Å². The van der Waals surface area contributed by atoms with Gasteiger partial charge in [0.15, 0.2) is 6.61 Å². The van der Waals surface area contributed by atoms with Gasteiger partial charge in [-0.2, -0.15) is 4.72 Å². The second kappa shape index (κ2) is 10.5. The van der Waals surface area contributed by atoms with Crippen molar-refractivity contribution in [1.29, 1.82) is 0 Å². The van der Waals surface area contributed by atoms with Crippen LogP contribution in [0.4, 0.5) is 0 Å². The van der Waals surface area contributed by atoms with E-state index in [1.165, 1.54) is 57.5 Å². The van der Waals surface area contributed by atoms with Gasteiger partial charge >= 0.3 is 5.97 Å². The number of ether oxygens (including phenoxy) is 3. The third-order valence-corrected chi connectivity index (χ3v) is 5.56. The maximum Gasteiger partial charge on any atom is 0.324 e. The second-order valence-electron chi connectivity index (χ2n) is 6.23. The lowest BCUT2D eigenvalue weighted by molar-refractivity contribution is -0.149. The number of amides is 2. The first kappa shape index (κ1) is 23.8. The topological polar surface area (TPSA) is 137 Å². The molecule has 0 fully saturated rings. The van der Waals surface area contributed by atoms with Gasteiger partial charge in [-0.1, -0.05) is 0 Å².